The van der Waals surface area contributed by atoms with Crippen molar-refractivity contribution in [2.45, 2.75) is 77.0 Å². The van der Waals surface area contributed by atoms with E-state index in [2.05, 4.69) is 31.6 Å². The van der Waals surface area contributed by atoms with Crippen LogP contribution in [0.4, 0.5) is 0 Å². The fourth-order valence-corrected chi connectivity index (χ4v) is 3.12. The van der Waals surface area contributed by atoms with Crippen LogP contribution >= 0.6 is 0 Å². The van der Waals surface area contributed by atoms with E-state index in [0.29, 0.717) is 6.04 Å². The molecule has 0 spiro atoms. The van der Waals surface area contributed by atoms with Crippen molar-refractivity contribution in [2.24, 2.45) is 5.92 Å². The molecule has 17 heavy (non-hydrogen) atoms. The van der Waals surface area contributed by atoms with Crippen LogP contribution in [0.25, 0.3) is 0 Å². The van der Waals surface area contributed by atoms with Crippen molar-refractivity contribution in [3.63, 3.8) is 0 Å². The van der Waals surface area contributed by atoms with Crippen LogP contribution in [0.2, 0.25) is 0 Å². The van der Waals surface area contributed by atoms with Crippen LogP contribution in [-0.2, 0) is 4.84 Å². The summed E-state index contributed by atoms with van der Waals surface area (Å²) in [5, 5.41) is 3.66. The summed E-state index contributed by atoms with van der Waals surface area (Å²) in [6.45, 7) is 7.51. The van der Waals surface area contributed by atoms with E-state index in [9.17, 15) is 0 Å². The van der Waals surface area contributed by atoms with Crippen molar-refractivity contribution in [3.05, 3.63) is 0 Å². The second-order valence-electron chi connectivity index (χ2n) is 6.59. The Morgan fingerprint density at radius 2 is 1.82 bits per heavy atom. The summed E-state index contributed by atoms with van der Waals surface area (Å²) in [6.07, 6.45) is 8.03. The summed E-state index contributed by atoms with van der Waals surface area (Å²) in [5.74, 6) is 0.758. The van der Waals surface area contributed by atoms with Gasteiger partial charge >= 0.3 is 0 Å². The van der Waals surface area contributed by atoms with E-state index in [1.54, 1.807) is 0 Å². The summed E-state index contributed by atoms with van der Waals surface area (Å²) < 4.78 is 0. The van der Waals surface area contributed by atoms with Gasteiger partial charge in [0.05, 0.1) is 5.60 Å². The van der Waals surface area contributed by atoms with E-state index >= 15 is 0 Å². The van der Waals surface area contributed by atoms with Gasteiger partial charge in [0, 0.05) is 12.1 Å². The SMILES string of the molecule is CC(C)(C)ONC1CCCCC1C1CCCN1. The number of hydrogen-bond acceptors (Lipinski definition) is 3. The lowest BCUT2D eigenvalue weighted by Gasteiger charge is -2.37. The molecule has 1 aliphatic heterocycles. The van der Waals surface area contributed by atoms with Gasteiger partial charge in [-0.1, -0.05) is 12.8 Å². The molecule has 0 aromatic heterocycles. The van der Waals surface area contributed by atoms with E-state index in [1.807, 2.05) is 0 Å². The van der Waals surface area contributed by atoms with Crippen LogP contribution < -0.4 is 10.8 Å². The maximum atomic E-state index is 5.78. The second kappa shape index (κ2) is 5.68. The molecular formula is C14H28N2O. The molecule has 3 heteroatoms. The Bertz CT molecular complexity index is 231. The van der Waals surface area contributed by atoms with Gasteiger partial charge in [-0.25, -0.2) is 0 Å². The molecule has 2 fully saturated rings. The molecule has 2 aliphatic rings. The third-order valence-electron chi connectivity index (χ3n) is 3.95. The summed E-state index contributed by atoms with van der Waals surface area (Å²) in [7, 11) is 0. The van der Waals surface area contributed by atoms with Crippen LogP contribution in [0.1, 0.15) is 59.3 Å². The zero-order valence-corrected chi connectivity index (χ0v) is 11.6. The van der Waals surface area contributed by atoms with Crippen molar-refractivity contribution in [1.29, 1.82) is 0 Å². The van der Waals surface area contributed by atoms with E-state index in [4.69, 9.17) is 4.84 Å². The van der Waals surface area contributed by atoms with Gasteiger partial charge in [-0.2, -0.15) is 5.48 Å². The third-order valence-corrected chi connectivity index (χ3v) is 3.95. The Balaban J connectivity index is 1.87. The molecule has 0 bridgehead atoms. The first-order chi connectivity index (χ1) is 8.06. The van der Waals surface area contributed by atoms with Gasteiger partial charge in [-0.3, -0.25) is 4.84 Å². The molecular weight excluding hydrogens is 212 g/mol. The predicted molar refractivity (Wildman–Crippen MR) is 70.7 cm³/mol. The van der Waals surface area contributed by atoms with Crippen molar-refractivity contribution in [2.75, 3.05) is 6.54 Å². The molecule has 3 nitrogen and oxygen atoms in total. The van der Waals surface area contributed by atoms with Crippen molar-refractivity contribution >= 4 is 0 Å². The highest BCUT2D eigenvalue weighted by molar-refractivity contribution is 4.90. The van der Waals surface area contributed by atoms with Gasteiger partial charge in [0.2, 0.25) is 0 Å². The Kier molecular flexibility index (Phi) is 4.45. The molecule has 3 unspecified atom stereocenters. The van der Waals surface area contributed by atoms with Gasteiger partial charge in [0.25, 0.3) is 0 Å². The summed E-state index contributed by atoms with van der Waals surface area (Å²) in [6, 6.07) is 1.26. The molecule has 0 radical (unpaired) electrons. The lowest BCUT2D eigenvalue weighted by molar-refractivity contribution is -0.103. The minimum absolute atomic E-state index is 0.0922. The van der Waals surface area contributed by atoms with Gasteiger partial charge in [-0.05, 0) is 58.9 Å². The smallest absolute Gasteiger partial charge is 0.0813 e. The molecule has 2 rings (SSSR count). The molecule has 3 atom stereocenters. The van der Waals surface area contributed by atoms with Gasteiger partial charge in [0.1, 0.15) is 0 Å². The van der Waals surface area contributed by atoms with Gasteiger partial charge < -0.3 is 5.32 Å². The zero-order valence-electron chi connectivity index (χ0n) is 11.6. The van der Waals surface area contributed by atoms with Crippen LogP contribution in [0.5, 0.6) is 0 Å². The van der Waals surface area contributed by atoms with E-state index in [-0.39, 0.29) is 5.60 Å². The van der Waals surface area contributed by atoms with Crippen LogP contribution in [0, 0.1) is 5.92 Å². The highest BCUT2D eigenvalue weighted by atomic mass is 16.7. The van der Waals surface area contributed by atoms with Gasteiger partial charge in [-0.15, -0.1) is 0 Å². The lowest BCUT2D eigenvalue weighted by atomic mass is 9.79. The third kappa shape index (κ3) is 3.94. The summed E-state index contributed by atoms with van der Waals surface area (Å²) in [5.41, 5.74) is 3.26. The molecule has 1 saturated heterocycles. The van der Waals surface area contributed by atoms with Crippen molar-refractivity contribution < 1.29 is 4.84 Å². The van der Waals surface area contributed by atoms with E-state index in [0.717, 1.165) is 12.0 Å². The zero-order chi connectivity index (χ0) is 12.3. The first kappa shape index (κ1) is 13.3. The monoisotopic (exact) mass is 240 g/mol. The largest absolute Gasteiger partial charge is 0.314 e. The number of nitrogens with one attached hydrogen (secondary N) is 2. The first-order valence-electron chi connectivity index (χ1n) is 7.23. The Morgan fingerprint density at radius 1 is 1.06 bits per heavy atom. The minimum Gasteiger partial charge on any atom is -0.314 e. The second-order valence-corrected chi connectivity index (χ2v) is 6.59. The first-order valence-corrected chi connectivity index (χ1v) is 7.23. The Morgan fingerprint density at radius 3 is 2.47 bits per heavy atom. The van der Waals surface area contributed by atoms with E-state index in [1.165, 1.54) is 45.1 Å². The van der Waals surface area contributed by atoms with Crippen molar-refractivity contribution in [1.82, 2.24) is 10.8 Å². The molecule has 0 aromatic rings. The molecule has 0 aromatic carbocycles. The molecule has 1 aliphatic carbocycles. The quantitative estimate of drug-likeness (QED) is 0.744. The fourth-order valence-electron chi connectivity index (χ4n) is 3.12. The highest BCUT2D eigenvalue weighted by Crippen LogP contribution is 2.30. The average Bonchev–Trinajstić information content (AvgIpc) is 2.79. The molecule has 2 N–H and O–H groups in total. The predicted octanol–water partition coefficient (Wildman–Crippen LogP) is 2.62. The molecule has 1 heterocycles. The highest BCUT2D eigenvalue weighted by Gasteiger charge is 2.33. The molecule has 0 amide bonds. The number of rotatable bonds is 3. The van der Waals surface area contributed by atoms with E-state index < -0.39 is 0 Å². The normalized spacial score (nSPS) is 35.1. The van der Waals surface area contributed by atoms with Crippen LogP contribution in [0.15, 0.2) is 0 Å². The molecule has 100 valence electrons. The minimum atomic E-state index is -0.0922. The maximum absolute atomic E-state index is 5.78. The summed E-state index contributed by atoms with van der Waals surface area (Å²) in [4.78, 5) is 5.78. The number of hydroxylamine groups is 1. The topological polar surface area (TPSA) is 33.3 Å². The lowest BCUT2D eigenvalue weighted by Crippen LogP contribution is -2.48. The van der Waals surface area contributed by atoms with Crippen LogP contribution in [-0.4, -0.2) is 24.2 Å². The Hall–Kier alpha value is -0.120. The fraction of sp³-hybridized carbons (Fsp3) is 1.00. The standard InChI is InChI=1S/C14H28N2O/c1-14(2,3)17-16-13-8-5-4-7-11(13)12-9-6-10-15-12/h11-13,15-16H,4-10H2,1-3H3. The Labute approximate surface area is 106 Å². The van der Waals surface area contributed by atoms with Gasteiger partial charge in [0.15, 0.2) is 0 Å². The number of hydrogen-bond donors (Lipinski definition) is 2. The molecule has 1 saturated carbocycles. The average molecular weight is 240 g/mol. The van der Waals surface area contributed by atoms with Crippen molar-refractivity contribution in [3.8, 4) is 0 Å². The maximum Gasteiger partial charge on any atom is 0.0813 e. The summed E-state index contributed by atoms with van der Waals surface area (Å²) >= 11 is 0. The van der Waals surface area contributed by atoms with Crippen LogP contribution in [0.3, 0.4) is 0 Å².